The summed E-state index contributed by atoms with van der Waals surface area (Å²) >= 11 is 0. The normalized spacial score (nSPS) is 32.3. The van der Waals surface area contributed by atoms with Crippen molar-refractivity contribution in [3.8, 4) is 0 Å². The zero-order valence-corrected chi connectivity index (χ0v) is 36.4. The van der Waals surface area contributed by atoms with Crippen LogP contribution >= 0.6 is 0 Å². The summed E-state index contributed by atoms with van der Waals surface area (Å²) in [4.78, 5) is 124. The first-order valence-electron chi connectivity index (χ1n) is 19.4. The van der Waals surface area contributed by atoms with E-state index in [0.717, 1.165) is 69.2 Å². The second-order valence-corrected chi connectivity index (χ2v) is 14.3. The van der Waals surface area contributed by atoms with E-state index in [1.807, 2.05) is 0 Å². The Balaban J connectivity index is 2.33. The molecule has 26 nitrogen and oxygen atoms in total. The highest BCUT2D eigenvalue weighted by atomic mass is 16.8. The number of esters is 10. The van der Waals surface area contributed by atoms with Crippen LogP contribution in [0.15, 0.2) is 0 Å². The smallest absolute Gasteiger partial charge is 0.303 e. The lowest BCUT2D eigenvalue weighted by atomic mass is 9.95. The van der Waals surface area contributed by atoms with Gasteiger partial charge in [0.05, 0.1) is 0 Å². The highest BCUT2D eigenvalue weighted by Crippen LogP contribution is 2.38. The van der Waals surface area contributed by atoms with Crippen LogP contribution in [0.5, 0.6) is 0 Å². The summed E-state index contributed by atoms with van der Waals surface area (Å²) in [5.41, 5.74) is 0. The van der Waals surface area contributed by atoms with E-state index in [0.29, 0.717) is 0 Å². The van der Waals surface area contributed by atoms with Crippen molar-refractivity contribution in [3.63, 3.8) is 0 Å². The van der Waals surface area contributed by atoms with Crippen molar-refractivity contribution < 1.29 is 124 Å². The Hall–Kier alpha value is -5.54. The van der Waals surface area contributed by atoms with Gasteiger partial charge in [-0.25, -0.2) is 0 Å². The van der Waals surface area contributed by atoms with Crippen molar-refractivity contribution in [3.05, 3.63) is 0 Å². The van der Waals surface area contributed by atoms with Gasteiger partial charge < -0.3 is 76.2 Å². The first kappa shape index (κ1) is 52.8. The summed E-state index contributed by atoms with van der Waals surface area (Å²) < 4.78 is 84.3. The predicted octanol–water partition coefficient (Wildman–Crippen LogP) is -1.86. The molecule has 0 saturated carbocycles. The van der Waals surface area contributed by atoms with Gasteiger partial charge in [-0.1, -0.05) is 0 Å². The number of hydrogen-bond donors (Lipinski definition) is 1. The zero-order chi connectivity index (χ0) is 48.2. The Kier molecular flexibility index (Phi) is 19.8. The molecule has 3 rings (SSSR count). The second kappa shape index (κ2) is 23.9. The molecule has 0 aromatic rings. The molecule has 0 radical (unpaired) electrons. The third kappa shape index (κ3) is 15.6. The first-order chi connectivity index (χ1) is 29.9. The SMILES string of the molecule is CC(=O)OCC1OC(O)C(OC(C)=O)C(OC2OC(COC(C)=O)C(OC(C)=O)C(OC3OC(COC(C)=O)C(OC(C)=O)C(OC(C)=O)C3OC(C)=O)C2OC(C)=O)C1OC(C)=O. The molecule has 360 valence electrons. The van der Waals surface area contributed by atoms with Crippen molar-refractivity contribution in [1.29, 1.82) is 0 Å². The highest BCUT2D eigenvalue weighted by molar-refractivity contribution is 5.70. The Labute approximate surface area is 364 Å². The summed E-state index contributed by atoms with van der Waals surface area (Å²) in [6.07, 6.45) is -27.7. The summed E-state index contributed by atoms with van der Waals surface area (Å²) in [7, 11) is 0. The molecule has 3 fully saturated rings. The van der Waals surface area contributed by atoms with Crippen molar-refractivity contribution in [1.82, 2.24) is 0 Å². The number of rotatable bonds is 17. The number of aliphatic hydroxyl groups excluding tert-OH is 1. The van der Waals surface area contributed by atoms with E-state index in [9.17, 15) is 53.1 Å². The fourth-order valence-corrected chi connectivity index (χ4v) is 6.77. The van der Waals surface area contributed by atoms with Gasteiger partial charge in [-0.15, -0.1) is 0 Å². The maximum atomic E-state index is 12.9. The maximum Gasteiger partial charge on any atom is 0.303 e. The molecule has 0 amide bonds. The molecular formula is C38H52O26. The van der Waals surface area contributed by atoms with Crippen LogP contribution in [0.25, 0.3) is 0 Å². The average molecular weight is 925 g/mol. The highest BCUT2D eigenvalue weighted by Gasteiger charge is 2.60. The Morgan fingerprint density at radius 3 is 0.906 bits per heavy atom. The third-order valence-corrected chi connectivity index (χ3v) is 8.84. The van der Waals surface area contributed by atoms with Crippen LogP contribution in [0.4, 0.5) is 0 Å². The molecule has 3 aliphatic heterocycles. The summed E-state index contributed by atoms with van der Waals surface area (Å²) in [6, 6.07) is 0. The number of aliphatic hydroxyl groups is 1. The fraction of sp³-hybridized carbons (Fsp3) is 0.737. The first-order valence-corrected chi connectivity index (χ1v) is 19.4. The van der Waals surface area contributed by atoms with Crippen molar-refractivity contribution in [2.45, 2.75) is 161 Å². The molecule has 0 bridgehead atoms. The van der Waals surface area contributed by atoms with Gasteiger partial charge in [0, 0.05) is 69.2 Å². The van der Waals surface area contributed by atoms with E-state index in [2.05, 4.69) is 0 Å². The number of carbonyl (C=O) groups is 10. The van der Waals surface area contributed by atoms with Gasteiger partial charge in [0.1, 0.15) is 50.3 Å². The van der Waals surface area contributed by atoms with E-state index in [-0.39, 0.29) is 0 Å². The van der Waals surface area contributed by atoms with Gasteiger partial charge in [0.2, 0.25) is 0 Å². The van der Waals surface area contributed by atoms with Gasteiger partial charge in [-0.3, -0.25) is 47.9 Å². The summed E-state index contributed by atoms with van der Waals surface area (Å²) in [5.74, 6) is -9.66. The number of ether oxygens (including phenoxy) is 15. The number of hydrogen-bond acceptors (Lipinski definition) is 26. The zero-order valence-electron chi connectivity index (χ0n) is 36.4. The summed E-state index contributed by atoms with van der Waals surface area (Å²) in [5, 5.41) is 11.1. The lowest BCUT2D eigenvalue weighted by Crippen LogP contribution is -2.69. The van der Waals surface area contributed by atoms with E-state index in [1.165, 1.54) is 0 Å². The molecule has 15 atom stereocenters. The van der Waals surface area contributed by atoms with Crippen LogP contribution in [-0.2, 0) is 119 Å². The lowest BCUT2D eigenvalue weighted by Gasteiger charge is -2.50. The molecule has 0 aromatic heterocycles. The van der Waals surface area contributed by atoms with Crippen LogP contribution in [0.3, 0.4) is 0 Å². The molecule has 3 saturated heterocycles. The fourth-order valence-electron chi connectivity index (χ4n) is 6.77. The van der Waals surface area contributed by atoms with E-state index >= 15 is 0 Å². The minimum Gasteiger partial charge on any atom is -0.463 e. The Bertz CT molecular complexity index is 1730. The van der Waals surface area contributed by atoms with Gasteiger partial charge in [0.15, 0.2) is 61.6 Å². The monoisotopic (exact) mass is 924 g/mol. The second-order valence-electron chi connectivity index (χ2n) is 14.3. The topological polar surface area (TPSA) is 329 Å². The van der Waals surface area contributed by atoms with Crippen LogP contribution in [0.1, 0.15) is 69.2 Å². The van der Waals surface area contributed by atoms with Gasteiger partial charge in [-0.2, -0.15) is 0 Å². The molecular weight excluding hydrogens is 872 g/mol. The van der Waals surface area contributed by atoms with Crippen LogP contribution in [0, 0.1) is 0 Å². The van der Waals surface area contributed by atoms with Crippen LogP contribution in [0.2, 0.25) is 0 Å². The largest absolute Gasteiger partial charge is 0.463 e. The van der Waals surface area contributed by atoms with E-state index in [4.69, 9.17) is 71.1 Å². The van der Waals surface area contributed by atoms with Gasteiger partial charge in [0.25, 0.3) is 0 Å². The molecule has 64 heavy (non-hydrogen) atoms. The standard InChI is InChI=1S/C38H52O26/c1-14(39)50-11-24-27(53-17(4)42)30(33(36(49)60-24)57-21(8)46)63-38-35(59-23(10)48)32(29(55-19(6)44)26(62-38)13-52-16(3)41)64-37-34(58-22(9)47)31(56-20(7)45)28(54-18(5)43)25(61-37)12-51-15(2)40/h24-38,49H,11-13H2,1-10H3. The average Bonchev–Trinajstić information content (AvgIpc) is 3.15. The van der Waals surface area contributed by atoms with Crippen molar-refractivity contribution in [2.75, 3.05) is 19.8 Å². The molecule has 0 spiro atoms. The van der Waals surface area contributed by atoms with Gasteiger partial charge >= 0.3 is 59.7 Å². The molecule has 0 aliphatic carbocycles. The molecule has 3 heterocycles. The quantitative estimate of drug-likeness (QED) is 0.123. The van der Waals surface area contributed by atoms with Crippen LogP contribution in [-0.4, -0.2) is 177 Å². The maximum absolute atomic E-state index is 12.9. The van der Waals surface area contributed by atoms with Gasteiger partial charge in [-0.05, 0) is 0 Å². The molecule has 3 aliphatic rings. The van der Waals surface area contributed by atoms with Crippen molar-refractivity contribution >= 4 is 59.7 Å². The Morgan fingerprint density at radius 2 is 0.578 bits per heavy atom. The predicted molar refractivity (Wildman–Crippen MR) is 197 cm³/mol. The van der Waals surface area contributed by atoms with E-state index in [1.54, 1.807) is 0 Å². The lowest BCUT2D eigenvalue weighted by molar-refractivity contribution is -0.380. The molecule has 0 aromatic carbocycles. The minimum atomic E-state index is -2.09. The third-order valence-electron chi connectivity index (χ3n) is 8.84. The molecule has 15 unspecified atom stereocenters. The molecule has 1 N–H and O–H groups in total. The van der Waals surface area contributed by atoms with Crippen molar-refractivity contribution in [2.24, 2.45) is 0 Å². The Morgan fingerprint density at radius 1 is 0.328 bits per heavy atom. The van der Waals surface area contributed by atoms with E-state index < -0.39 is 172 Å². The number of carbonyl (C=O) groups excluding carboxylic acids is 10. The minimum absolute atomic E-state index is 0.672. The van der Waals surface area contributed by atoms with Crippen LogP contribution < -0.4 is 0 Å². The molecule has 26 heteroatoms. The summed E-state index contributed by atoms with van der Waals surface area (Å²) in [6.45, 7) is 7.65.